The minimum Gasteiger partial charge on any atom is -0.508 e. The molecule has 4 bridgehead atoms. The van der Waals surface area contributed by atoms with E-state index < -0.39 is 5.82 Å². The quantitative estimate of drug-likeness (QED) is 0.287. The van der Waals surface area contributed by atoms with E-state index in [4.69, 9.17) is 26.1 Å². The highest BCUT2D eigenvalue weighted by atomic mass is 35.5. The molecule has 0 spiro atoms. The first-order chi connectivity index (χ1) is 20.5. The van der Waals surface area contributed by atoms with E-state index in [0.717, 1.165) is 69.2 Å². The van der Waals surface area contributed by atoms with Gasteiger partial charge in [-0.3, -0.25) is 4.90 Å². The first kappa shape index (κ1) is 26.4. The summed E-state index contributed by atoms with van der Waals surface area (Å²) in [6.45, 7) is 4.70. The van der Waals surface area contributed by atoms with Crippen LogP contribution in [0.25, 0.3) is 32.8 Å². The summed E-state index contributed by atoms with van der Waals surface area (Å²) in [6.07, 6.45) is 4.52. The van der Waals surface area contributed by atoms with Gasteiger partial charge in [0.1, 0.15) is 17.1 Å². The van der Waals surface area contributed by atoms with Gasteiger partial charge >= 0.3 is 6.01 Å². The van der Waals surface area contributed by atoms with E-state index in [1.165, 1.54) is 0 Å². The zero-order chi connectivity index (χ0) is 28.4. The van der Waals surface area contributed by atoms with Gasteiger partial charge in [-0.1, -0.05) is 35.9 Å². The van der Waals surface area contributed by atoms with Crippen LogP contribution >= 0.6 is 11.6 Å². The van der Waals surface area contributed by atoms with Crippen LogP contribution in [0, 0.1) is 5.82 Å². The van der Waals surface area contributed by atoms with Crippen LogP contribution in [0.3, 0.4) is 0 Å². The smallest absolute Gasteiger partial charge is 0.319 e. The lowest BCUT2D eigenvalue weighted by molar-refractivity contribution is 0.0287. The van der Waals surface area contributed by atoms with Crippen molar-refractivity contribution < 1.29 is 19.0 Å². The molecule has 4 atom stereocenters. The van der Waals surface area contributed by atoms with Crippen LogP contribution in [-0.4, -0.2) is 83.6 Å². The fraction of sp³-hybridized carbons (Fsp3) is 0.438. The van der Waals surface area contributed by atoms with Crippen molar-refractivity contribution in [2.75, 3.05) is 44.3 Å². The van der Waals surface area contributed by atoms with Gasteiger partial charge in [-0.2, -0.15) is 9.97 Å². The average Bonchev–Trinajstić information content (AvgIpc) is 3.71. The van der Waals surface area contributed by atoms with E-state index in [1.807, 2.05) is 24.3 Å². The van der Waals surface area contributed by atoms with Crippen LogP contribution in [0.4, 0.5) is 10.2 Å². The lowest BCUT2D eigenvalue weighted by Gasteiger charge is -2.34. The van der Waals surface area contributed by atoms with Crippen molar-refractivity contribution in [2.24, 2.45) is 0 Å². The third-order valence-electron chi connectivity index (χ3n) is 9.31. The van der Waals surface area contributed by atoms with Crippen LogP contribution in [0.5, 0.6) is 11.8 Å². The molecule has 2 unspecified atom stereocenters. The first-order valence-corrected chi connectivity index (χ1v) is 15.3. The second kappa shape index (κ2) is 10.5. The molecule has 4 saturated heterocycles. The number of rotatable bonds is 7. The molecule has 4 fully saturated rings. The average molecular weight is 590 g/mol. The molecule has 8 nitrogen and oxygen atoms in total. The summed E-state index contributed by atoms with van der Waals surface area (Å²) in [6, 6.07) is 14.0. The molecule has 3 aromatic carbocycles. The number of likely N-dealkylation sites (tertiary alicyclic amines) is 1. The van der Waals surface area contributed by atoms with E-state index in [2.05, 4.69) is 20.1 Å². The molecule has 0 amide bonds. The molecule has 0 radical (unpaired) electrons. The number of benzene rings is 3. The summed E-state index contributed by atoms with van der Waals surface area (Å²) in [4.78, 5) is 14.1. The van der Waals surface area contributed by atoms with Gasteiger partial charge in [-0.25, -0.2) is 4.39 Å². The van der Waals surface area contributed by atoms with E-state index in [-0.39, 0.29) is 27.9 Å². The van der Waals surface area contributed by atoms with E-state index >= 15 is 4.39 Å². The summed E-state index contributed by atoms with van der Waals surface area (Å²) in [5, 5.41) is 16.5. The van der Waals surface area contributed by atoms with Crippen LogP contribution in [0.15, 0.2) is 42.5 Å². The standard InChI is InChI=1S/C32H33ClFN5O3/c33-27-13-26-30(29(34)28(27)25-12-22(40)10-18-4-1-2-5-24(18)25)36-32(37-31(26)39-14-19-6-7-20(15-39)35-19)41-9-3-8-38-16-23-11-21(38)17-42-23/h1-2,4-5,10,12-13,19-21,23,35,40H,3,6-9,11,14-17H2/t19?,20?,21-,23-/m1/s1. The van der Waals surface area contributed by atoms with Crippen molar-refractivity contribution in [3.8, 4) is 22.9 Å². The number of anilines is 1. The molecule has 0 aliphatic carbocycles. The van der Waals surface area contributed by atoms with E-state index in [9.17, 15) is 5.11 Å². The number of nitrogens with zero attached hydrogens (tertiary/aromatic N) is 4. The first-order valence-electron chi connectivity index (χ1n) is 14.9. The summed E-state index contributed by atoms with van der Waals surface area (Å²) >= 11 is 6.85. The number of hydrogen-bond acceptors (Lipinski definition) is 8. The third kappa shape index (κ3) is 4.63. The molecule has 4 aliphatic heterocycles. The van der Waals surface area contributed by atoms with Gasteiger partial charge in [-0.15, -0.1) is 0 Å². The van der Waals surface area contributed by atoms with Gasteiger partial charge in [0.05, 0.1) is 24.3 Å². The Kier molecular flexibility index (Phi) is 6.59. The highest BCUT2D eigenvalue weighted by molar-refractivity contribution is 6.35. The maximum atomic E-state index is 16.7. The predicted octanol–water partition coefficient (Wildman–Crippen LogP) is 5.13. The second-order valence-electron chi connectivity index (χ2n) is 12.1. The molecule has 5 heterocycles. The highest BCUT2D eigenvalue weighted by Crippen LogP contribution is 2.43. The Morgan fingerprint density at radius 3 is 2.69 bits per heavy atom. The lowest BCUT2D eigenvalue weighted by Crippen LogP contribution is -2.51. The molecular weight excluding hydrogens is 557 g/mol. The number of fused-ring (bicyclic) bond motifs is 6. The summed E-state index contributed by atoms with van der Waals surface area (Å²) < 4.78 is 28.5. The van der Waals surface area contributed by atoms with Crippen molar-refractivity contribution in [1.29, 1.82) is 0 Å². The van der Waals surface area contributed by atoms with E-state index in [1.54, 1.807) is 18.2 Å². The Hall–Kier alpha value is -3.24. The molecule has 10 heteroatoms. The second-order valence-corrected chi connectivity index (χ2v) is 12.5. The van der Waals surface area contributed by atoms with Gasteiger partial charge in [0.25, 0.3) is 0 Å². The molecule has 8 rings (SSSR count). The Balaban J connectivity index is 1.18. The number of hydrogen-bond donors (Lipinski definition) is 2. The van der Waals surface area contributed by atoms with Crippen LogP contribution in [-0.2, 0) is 4.74 Å². The van der Waals surface area contributed by atoms with Gasteiger partial charge in [0.15, 0.2) is 5.82 Å². The number of piperazine rings is 1. The van der Waals surface area contributed by atoms with Crippen LogP contribution in [0.1, 0.15) is 25.7 Å². The van der Waals surface area contributed by atoms with Gasteiger partial charge < -0.3 is 24.8 Å². The number of morpholine rings is 1. The number of aromatic nitrogens is 2. The maximum Gasteiger partial charge on any atom is 0.319 e. The lowest BCUT2D eigenvalue weighted by atomic mass is 9.96. The van der Waals surface area contributed by atoms with Crippen molar-refractivity contribution >= 4 is 39.1 Å². The fourth-order valence-electron chi connectivity index (χ4n) is 7.37. The molecule has 42 heavy (non-hydrogen) atoms. The normalized spacial score (nSPS) is 25.2. The highest BCUT2D eigenvalue weighted by Gasteiger charge is 2.38. The Morgan fingerprint density at radius 1 is 1.07 bits per heavy atom. The largest absolute Gasteiger partial charge is 0.508 e. The van der Waals surface area contributed by atoms with Crippen LogP contribution < -0.4 is 15.0 Å². The SMILES string of the molecule is Oc1cc(-c2c(Cl)cc3c(N4CC5CCC(C4)N5)nc(OCCCN4C[C@H]5C[C@@H]4CO5)nc3c2F)c2ccccc2c1. The number of halogens is 2. The number of ether oxygens (including phenoxy) is 2. The van der Waals surface area contributed by atoms with Gasteiger partial charge in [0, 0.05) is 55.3 Å². The zero-order valence-corrected chi connectivity index (χ0v) is 24.0. The fourth-order valence-corrected chi connectivity index (χ4v) is 7.66. The predicted molar refractivity (Wildman–Crippen MR) is 161 cm³/mol. The Labute approximate surface area is 248 Å². The summed E-state index contributed by atoms with van der Waals surface area (Å²) in [5.41, 5.74) is 0.891. The third-order valence-corrected chi connectivity index (χ3v) is 9.61. The van der Waals surface area contributed by atoms with Crippen molar-refractivity contribution in [3.05, 3.63) is 53.3 Å². The maximum absolute atomic E-state index is 16.7. The Morgan fingerprint density at radius 2 is 1.90 bits per heavy atom. The summed E-state index contributed by atoms with van der Waals surface area (Å²) in [5.74, 6) is 0.143. The topological polar surface area (TPSA) is 83.0 Å². The minimum absolute atomic E-state index is 0.0424. The Bertz CT molecular complexity index is 1680. The van der Waals surface area contributed by atoms with Crippen molar-refractivity contribution in [2.45, 2.75) is 49.9 Å². The van der Waals surface area contributed by atoms with Gasteiger partial charge in [0.2, 0.25) is 0 Å². The van der Waals surface area contributed by atoms with E-state index in [0.29, 0.717) is 47.6 Å². The molecule has 1 aromatic heterocycles. The molecule has 2 N–H and O–H groups in total. The van der Waals surface area contributed by atoms with Crippen molar-refractivity contribution in [3.63, 3.8) is 0 Å². The van der Waals surface area contributed by atoms with Gasteiger partial charge in [-0.05, 0) is 60.2 Å². The number of aromatic hydroxyl groups is 1. The molecule has 218 valence electrons. The number of phenolic OH excluding ortho intramolecular Hbond substituents is 1. The zero-order valence-electron chi connectivity index (χ0n) is 23.2. The van der Waals surface area contributed by atoms with Crippen LogP contribution in [0.2, 0.25) is 5.02 Å². The molecule has 0 saturated carbocycles. The monoisotopic (exact) mass is 589 g/mol. The minimum atomic E-state index is -0.548. The number of nitrogens with one attached hydrogen (secondary N) is 1. The molecule has 4 aromatic rings. The van der Waals surface area contributed by atoms with Crippen molar-refractivity contribution in [1.82, 2.24) is 20.2 Å². The summed E-state index contributed by atoms with van der Waals surface area (Å²) in [7, 11) is 0. The molecule has 4 aliphatic rings. The number of phenols is 1. The molecular formula is C32H33ClFN5O3.